The van der Waals surface area contributed by atoms with Gasteiger partial charge in [0.1, 0.15) is 11.6 Å². The number of rotatable bonds is 5. The highest BCUT2D eigenvalue weighted by Crippen LogP contribution is 2.22. The summed E-state index contributed by atoms with van der Waals surface area (Å²) in [6, 6.07) is 10.1. The molecule has 0 aliphatic heterocycles. The fourth-order valence-electron chi connectivity index (χ4n) is 3.66. The average Bonchev–Trinajstić information content (AvgIpc) is 3.14. The van der Waals surface area contributed by atoms with E-state index in [1.165, 1.54) is 28.8 Å². The number of nitrogens with zero attached hydrogens (tertiary/aromatic N) is 3. The Morgan fingerprint density at radius 3 is 2.65 bits per heavy atom. The van der Waals surface area contributed by atoms with Crippen molar-refractivity contribution in [3.63, 3.8) is 0 Å². The number of benzene rings is 2. The molecule has 0 fully saturated rings. The number of hydrogen-bond acceptors (Lipinski definition) is 3. The van der Waals surface area contributed by atoms with Gasteiger partial charge >= 0.3 is 0 Å². The van der Waals surface area contributed by atoms with Crippen molar-refractivity contribution in [3.05, 3.63) is 99.5 Å². The van der Waals surface area contributed by atoms with Gasteiger partial charge in [0, 0.05) is 30.9 Å². The molecule has 4 rings (SSSR count). The Hall–Kier alpha value is -3.81. The van der Waals surface area contributed by atoms with Gasteiger partial charge in [0.15, 0.2) is 0 Å². The van der Waals surface area contributed by atoms with Crippen molar-refractivity contribution in [2.24, 2.45) is 7.05 Å². The molecule has 8 heteroatoms. The fraction of sp³-hybridized carbons (Fsp3) is 0.174. The van der Waals surface area contributed by atoms with Gasteiger partial charge in [-0.05, 0) is 30.7 Å². The zero-order chi connectivity index (χ0) is 22.1. The van der Waals surface area contributed by atoms with Crippen LogP contribution in [0.15, 0.2) is 59.8 Å². The van der Waals surface area contributed by atoms with E-state index in [2.05, 4.69) is 10.3 Å². The van der Waals surface area contributed by atoms with Crippen LogP contribution in [0.5, 0.6) is 0 Å². The minimum absolute atomic E-state index is 0.0910. The molecule has 0 unspecified atom stereocenters. The maximum absolute atomic E-state index is 14.7. The van der Waals surface area contributed by atoms with Gasteiger partial charge in [-0.25, -0.2) is 13.8 Å². The molecule has 2 aromatic carbocycles. The minimum atomic E-state index is -0.694. The number of imidazole rings is 1. The molecule has 0 spiro atoms. The second-order valence-electron chi connectivity index (χ2n) is 7.32. The van der Waals surface area contributed by atoms with Crippen LogP contribution in [0.1, 0.15) is 27.3 Å². The summed E-state index contributed by atoms with van der Waals surface area (Å²) < 4.78 is 31.2. The first kappa shape index (κ1) is 20.5. The highest BCUT2D eigenvalue weighted by atomic mass is 19.1. The van der Waals surface area contributed by atoms with Crippen LogP contribution in [-0.2, 0) is 20.1 Å². The number of fused-ring (bicyclic) bond motifs is 1. The smallest absolute Gasteiger partial charge is 0.262 e. The van der Waals surface area contributed by atoms with Crippen LogP contribution in [0.2, 0.25) is 0 Å². The zero-order valence-corrected chi connectivity index (χ0v) is 17.0. The molecule has 6 nitrogen and oxygen atoms in total. The normalized spacial score (nSPS) is 11.1. The van der Waals surface area contributed by atoms with Crippen molar-refractivity contribution >= 4 is 16.7 Å². The van der Waals surface area contributed by atoms with Gasteiger partial charge in [-0.3, -0.25) is 9.59 Å². The van der Waals surface area contributed by atoms with Crippen LogP contribution in [0.4, 0.5) is 8.78 Å². The van der Waals surface area contributed by atoms with Crippen molar-refractivity contribution in [2.75, 3.05) is 0 Å². The topological polar surface area (TPSA) is 68.9 Å². The van der Waals surface area contributed by atoms with Crippen molar-refractivity contribution in [1.82, 2.24) is 19.4 Å². The van der Waals surface area contributed by atoms with E-state index >= 15 is 0 Å². The van der Waals surface area contributed by atoms with Gasteiger partial charge in [-0.2, -0.15) is 0 Å². The Morgan fingerprint density at radius 2 is 1.94 bits per heavy atom. The summed E-state index contributed by atoms with van der Waals surface area (Å²) in [6.45, 7) is 1.88. The Labute approximate surface area is 176 Å². The molecule has 1 N–H and O–H groups in total. The van der Waals surface area contributed by atoms with E-state index in [4.69, 9.17) is 0 Å². The molecule has 2 aromatic heterocycles. The first-order chi connectivity index (χ1) is 14.9. The Bertz CT molecular complexity index is 1360. The number of carbonyl (C=O) groups is 1. The van der Waals surface area contributed by atoms with Crippen LogP contribution in [0.3, 0.4) is 0 Å². The molecular formula is C23H20F2N4O2. The quantitative estimate of drug-likeness (QED) is 0.537. The molecule has 4 aromatic rings. The van der Waals surface area contributed by atoms with Gasteiger partial charge in [-0.1, -0.05) is 24.3 Å². The van der Waals surface area contributed by atoms with Crippen molar-refractivity contribution in [2.45, 2.75) is 20.0 Å². The number of amides is 1. The van der Waals surface area contributed by atoms with Crippen molar-refractivity contribution in [1.29, 1.82) is 0 Å². The molecule has 0 aliphatic carbocycles. The predicted octanol–water partition coefficient (Wildman–Crippen LogP) is 3.30. The first-order valence-electron chi connectivity index (χ1n) is 9.66. The van der Waals surface area contributed by atoms with Crippen molar-refractivity contribution in [3.8, 4) is 0 Å². The lowest BCUT2D eigenvalue weighted by Gasteiger charge is -2.17. The van der Waals surface area contributed by atoms with Crippen molar-refractivity contribution < 1.29 is 13.6 Å². The van der Waals surface area contributed by atoms with Crippen LogP contribution in [0.25, 0.3) is 10.8 Å². The monoisotopic (exact) mass is 422 g/mol. The van der Waals surface area contributed by atoms with E-state index in [0.717, 1.165) is 5.69 Å². The summed E-state index contributed by atoms with van der Waals surface area (Å²) in [7, 11) is 1.79. The number of hydrogen-bond donors (Lipinski definition) is 1. The van der Waals surface area contributed by atoms with Gasteiger partial charge in [0.05, 0.1) is 29.5 Å². The summed E-state index contributed by atoms with van der Waals surface area (Å²) in [5.74, 6) is -1.57. The lowest BCUT2D eigenvalue weighted by atomic mass is 10.0. The molecular weight excluding hydrogens is 402 g/mol. The largest absolute Gasteiger partial charge is 0.348 e. The number of carbonyl (C=O) groups excluding carboxylic acids is 1. The van der Waals surface area contributed by atoms with E-state index in [0.29, 0.717) is 11.3 Å². The van der Waals surface area contributed by atoms with Gasteiger partial charge < -0.3 is 14.5 Å². The van der Waals surface area contributed by atoms with E-state index < -0.39 is 23.1 Å². The Kier molecular flexibility index (Phi) is 5.37. The Balaban J connectivity index is 1.81. The third-order valence-electron chi connectivity index (χ3n) is 5.31. The predicted molar refractivity (Wildman–Crippen MR) is 113 cm³/mol. The molecule has 0 bridgehead atoms. The zero-order valence-electron chi connectivity index (χ0n) is 17.0. The molecule has 158 valence electrons. The molecule has 1 amide bonds. The highest BCUT2D eigenvalue weighted by molar-refractivity contribution is 6.07. The lowest BCUT2D eigenvalue weighted by molar-refractivity contribution is 0.0951. The second-order valence-corrected chi connectivity index (χ2v) is 7.32. The molecule has 0 atom stereocenters. The summed E-state index contributed by atoms with van der Waals surface area (Å²) in [5, 5.41) is 2.84. The minimum Gasteiger partial charge on any atom is -0.348 e. The third-order valence-corrected chi connectivity index (χ3v) is 5.31. The molecule has 0 saturated carbocycles. The highest BCUT2D eigenvalue weighted by Gasteiger charge is 2.22. The van der Waals surface area contributed by atoms with Crippen LogP contribution < -0.4 is 10.9 Å². The summed E-state index contributed by atoms with van der Waals surface area (Å²) in [5.41, 5.74) is 1.40. The summed E-state index contributed by atoms with van der Waals surface area (Å²) in [6.07, 6.45) is 3.21. The standard InChI is InChI=1S/C23H20F2N4O2/c1-14-20(22(30)27-10-15-5-3-6-16(24)9-15)18-7-4-8-19(25)21(18)23(31)29(14)12-17-11-26-13-28(17)2/h3-9,11,13H,10,12H2,1-2H3,(H,27,30). The SMILES string of the molecule is Cc1c(C(=O)NCc2cccc(F)c2)c2cccc(F)c2c(=O)n1Cc1cncn1C. The van der Waals surface area contributed by atoms with Gasteiger partial charge in [0.2, 0.25) is 0 Å². The maximum Gasteiger partial charge on any atom is 0.262 e. The van der Waals surface area contributed by atoms with Crippen LogP contribution in [0, 0.1) is 18.6 Å². The van der Waals surface area contributed by atoms with E-state index in [1.54, 1.807) is 49.3 Å². The molecule has 31 heavy (non-hydrogen) atoms. The second kappa shape index (κ2) is 8.14. The van der Waals surface area contributed by atoms with Gasteiger partial charge in [0.25, 0.3) is 11.5 Å². The van der Waals surface area contributed by atoms with E-state index in [-0.39, 0.29) is 29.4 Å². The molecule has 2 heterocycles. The number of pyridine rings is 1. The molecule has 0 saturated heterocycles. The summed E-state index contributed by atoms with van der Waals surface area (Å²) >= 11 is 0. The number of aryl methyl sites for hydroxylation is 1. The Morgan fingerprint density at radius 1 is 1.16 bits per heavy atom. The van der Waals surface area contributed by atoms with E-state index in [1.807, 2.05) is 0 Å². The van der Waals surface area contributed by atoms with Crippen LogP contribution in [-0.4, -0.2) is 20.0 Å². The number of halogens is 2. The van der Waals surface area contributed by atoms with Gasteiger partial charge in [-0.15, -0.1) is 0 Å². The summed E-state index contributed by atoms with van der Waals surface area (Å²) in [4.78, 5) is 30.3. The maximum atomic E-state index is 14.7. The molecule has 0 aliphatic rings. The average molecular weight is 422 g/mol. The van der Waals surface area contributed by atoms with E-state index in [9.17, 15) is 18.4 Å². The van der Waals surface area contributed by atoms with Crippen LogP contribution >= 0.6 is 0 Å². The number of aromatic nitrogens is 3. The lowest BCUT2D eigenvalue weighted by Crippen LogP contribution is -2.31. The fourth-order valence-corrected chi connectivity index (χ4v) is 3.66. The first-order valence-corrected chi connectivity index (χ1v) is 9.66. The third kappa shape index (κ3) is 3.84. The molecule has 0 radical (unpaired) electrons. The number of nitrogens with one attached hydrogen (secondary N) is 1.